The van der Waals surface area contributed by atoms with E-state index in [1.165, 1.54) is 4.57 Å². The van der Waals surface area contributed by atoms with Gasteiger partial charge in [-0.3, -0.25) is 0 Å². The standard InChI is InChI=1S/C114H91BN6/c1-112(2,3)80-51-61-104-96(66-80)97-67-81(113(4,5)6)52-62-105(97)119(104)89-72-108-110-109(73-89)121(111-94(76-37-19-12-20-38-76)68-82(114(7,8)9)69-95(111)77-39-21-13-22-40-77)107-70-86(116(83-41-23-14-24-42-83)84-53-55-85(56-54-84)117-100-47-29-25-43-90(100)91-44-26-30-48-101(91)117)57-59-99(107)115(110)98-60-58-87(118-102-49-31-27-45-92(102)93-46-28-32-50-103(93)118)71-106(98)120(108)88-64-78(74-33-15-10-16-34-74)63-79(65-88)75-35-17-11-18-36-75/h10-73H,1-9H3/i14D,23D,24D,25D,26D,27D,28D,29D,30D,31D,32D,41D,42D,43D,44D,45D,46D,47D,48D,49D,50D. The van der Waals surface area contributed by atoms with Crippen LogP contribution < -0.4 is 31.1 Å². The number of nitrogens with zero attached hydrogens (tertiary/aromatic N) is 6. The molecular formula is C114H91BN6. The third-order valence-electron chi connectivity index (χ3n) is 24.2. The van der Waals surface area contributed by atoms with Gasteiger partial charge in [-0.1, -0.05) is 299 Å². The molecule has 0 saturated heterocycles. The van der Waals surface area contributed by atoms with Crippen molar-refractivity contribution in [3.8, 4) is 61.6 Å². The quantitative estimate of drug-likeness (QED) is 0.114. The number of para-hydroxylation sites is 5. The largest absolute Gasteiger partial charge is 0.311 e. The van der Waals surface area contributed by atoms with Crippen LogP contribution in [0.15, 0.2) is 388 Å². The topological polar surface area (TPSA) is 24.5 Å². The van der Waals surface area contributed by atoms with Crippen molar-refractivity contribution < 1.29 is 28.8 Å². The van der Waals surface area contributed by atoms with Crippen molar-refractivity contribution in [3.63, 3.8) is 0 Å². The van der Waals surface area contributed by atoms with Crippen LogP contribution in [0.4, 0.5) is 51.2 Å². The lowest BCUT2D eigenvalue weighted by Gasteiger charge is -2.46. The molecule has 17 aromatic carbocycles. The number of anilines is 9. The summed E-state index contributed by atoms with van der Waals surface area (Å²) in [6.45, 7) is 19.0. The van der Waals surface area contributed by atoms with Crippen LogP contribution in [0.5, 0.6) is 0 Å². The lowest BCUT2D eigenvalue weighted by Crippen LogP contribution is -2.61. The Bertz CT molecular complexity index is 8500. The van der Waals surface area contributed by atoms with Crippen molar-refractivity contribution in [2.45, 2.75) is 78.6 Å². The average Bonchev–Trinajstić information content (AvgIpc) is 1.15. The van der Waals surface area contributed by atoms with E-state index < -0.39 is 139 Å². The summed E-state index contributed by atoms with van der Waals surface area (Å²) in [4.78, 5) is 6.20. The van der Waals surface area contributed by atoms with Crippen molar-refractivity contribution in [2.24, 2.45) is 0 Å². The lowest BCUT2D eigenvalue weighted by molar-refractivity contribution is 0.590. The maximum atomic E-state index is 10.2. The van der Waals surface area contributed by atoms with E-state index in [-0.39, 0.29) is 82.9 Å². The van der Waals surface area contributed by atoms with E-state index in [9.17, 15) is 23.3 Å². The van der Waals surface area contributed by atoms with Crippen LogP contribution in [-0.2, 0) is 16.2 Å². The Balaban J connectivity index is 0.935. The van der Waals surface area contributed by atoms with Crippen LogP contribution in [0.2, 0.25) is 0 Å². The summed E-state index contributed by atoms with van der Waals surface area (Å²) in [7, 11) is 0. The van der Waals surface area contributed by atoms with E-state index in [0.717, 1.165) is 88.5 Å². The molecule has 121 heavy (non-hydrogen) atoms. The molecule has 0 bridgehead atoms. The summed E-state index contributed by atoms with van der Waals surface area (Å²) in [5.41, 5.74) is 17.4. The molecule has 7 heteroatoms. The first-order chi connectivity index (χ1) is 67.6. The second-order valence-electron chi connectivity index (χ2n) is 34.6. The Morgan fingerprint density at radius 3 is 1.12 bits per heavy atom. The Morgan fingerprint density at radius 2 is 0.645 bits per heavy atom. The first-order valence-electron chi connectivity index (χ1n) is 51.3. The minimum Gasteiger partial charge on any atom is -0.311 e. The van der Waals surface area contributed by atoms with Crippen molar-refractivity contribution >= 4 is 140 Å². The molecule has 0 atom stereocenters. The van der Waals surface area contributed by atoms with Crippen LogP contribution in [0.1, 0.15) is 108 Å². The maximum Gasteiger partial charge on any atom is 0.252 e. The van der Waals surface area contributed by atoms with Gasteiger partial charge in [0.1, 0.15) is 0 Å². The van der Waals surface area contributed by atoms with Crippen LogP contribution in [0, 0.1) is 0 Å². The highest BCUT2D eigenvalue weighted by molar-refractivity contribution is 7.00. The molecule has 0 spiro atoms. The van der Waals surface area contributed by atoms with Gasteiger partial charge in [0.05, 0.1) is 73.3 Å². The van der Waals surface area contributed by atoms with Gasteiger partial charge in [-0.2, -0.15) is 0 Å². The van der Waals surface area contributed by atoms with Crippen LogP contribution >= 0.6 is 0 Å². The van der Waals surface area contributed by atoms with Crippen molar-refractivity contribution in [3.05, 3.63) is 404 Å². The number of fused-ring (bicyclic) bond motifs is 13. The summed E-state index contributed by atoms with van der Waals surface area (Å²) in [6.07, 6.45) is 0. The molecule has 580 valence electrons. The van der Waals surface area contributed by atoms with Crippen molar-refractivity contribution in [1.29, 1.82) is 0 Å². The third kappa shape index (κ3) is 12.1. The van der Waals surface area contributed by atoms with Crippen molar-refractivity contribution in [1.82, 2.24) is 13.7 Å². The zero-order valence-electron chi connectivity index (χ0n) is 89.1. The van der Waals surface area contributed by atoms with Gasteiger partial charge in [0.2, 0.25) is 0 Å². The second-order valence-corrected chi connectivity index (χ2v) is 34.6. The Morgan fingerprint density at radius 1 is 0.256 bits per heavy atom. The normalized spacial score (nSPS) is 15.2. The first kappa shape index (κ1) is 53.8. The van der Waals surface area contributed by atoms with Gasteiger partial charge < -0.3 is 28.4 Å². The molecule has 0 aliphatic carbocycles. The molecule has 0 fully saturated rings. The van der Waals surface area contributed by atoms with Gasteiger partial charge >= 0.3 is 0 Å². The molecule has 0 radical (unpaired) electrons. The summed E-state index contributed by atoms with van der Waals surface area (Å²) in [5.74, 6) is 0. The second kappa shape index (κ2) is 28.2. The monoisotopic (exact) mass is 1580 g/mol. The van der Waals surface area contributed by atoms with Gasteiger partial charge in [-0.15, -0.1) is 0 Å². The Labute approximate surface area is 737 Å². The summed E-state index contributed by atoms with van der Waals surface area (Å²) >= 11 is 0. The van der Waals surface area contributed by atoms with Gasteiger partial charge in [0, 0.05) is 100 Å². The fourth-order valence-corrected chi connectivity index (χ4v) is 18.3. The van der Waals surface area contributed by atoms with Gasteiger partial charge in [-0.05, 0) is 234 Å². The molecule has 2 aliphatic heterocycles. The number of hydrogen-bond acceptors (Lipinski definition) is 3. The Kier molecular flexibility index (Phi) is 12.5. The highest BCUT2D eigenvalue weighted by Gasteiger charge is 2.46. The smallest absolute Gasteiger partial charge is 0.252 e. The number of aromatic nitrogens is 3. The number of benzene rings is 17. The van der Waals surface area contributed by atoms with Crippen LogP contribution in [0.25, 0.3) is 127 Å². The van der Waals surface area contributed by atoms with E-state index in [1.54, 1.807) is 33.7 Å². The number of rotatable bonds is 12. The van der Waals surface area contributed by atoms with E-state index in [0.29, 0.717) is 50.7 Å². The van der Waals surface area contributed by atoms with Crippen LogP contribution in [-0.4, -0.2) is 20.4 Å². The molecule has 0 saturated carbocycles. The summed E-state index contributed by atoms with van der Waals surface area (Å²) in [5, 5.41) is 1.50. The Hall–Kier alpha value is -14.4. The van der Waals surface area contributed by atoms with E-state index in [2.05, 4.69) is 204 Å². The molecule has 2 aliphatic rings. The van der Waals surface area contributed by atoms with Gasteiger partial charge in [0.25, 0.3) is 6.71 Å². The zero-order chi connectivity index (χ0) is 100. The predicted octanol–water partition coefficient (Wildman–Crippen LogP) is 29.1. The van der Waals surface area contributed by atoms with E-state index >= 15 is 0 Å². The highest BCUT2D eigenvalue weighted by atomic mass is 15.2. The SMILES string of the molecule is [2H]c1c([2H])c([2H])c(N(c2ccc(-n3c4c([2H])c([2H])c([2H])c([2H])c4c4c([2H])c([2H])c([2H])c([2H])c43)cc2)c2ccc3c(c2)N(c2c(-c4ccccc4)cc(C(C)(C)C)cc2-c2ccccc2)c2cc(-n4c5ccc(C(C)(C)C)cc5c5cc(C(C)(C)C)ccc54)cc4c2B3c2ccc(-n3c5c([2H])c([2H])c([2H])c([2H])c5c5c([2H])c([2H])c([2H])c([2H])c53)cc2N4c2cc(-c3ccccc3)cc(-c3ccccc3)c2)c([2H])c1[2H]. The van der Waals surface area contributed by atoms with Gasteiger partial charge in [0.15, 0.2) is 0 Å². The first-order valence-corrected chi connectivity index (χ1v) is 40.8. The minimum absolute atomic E-state index is 0.0860. The number of hydrogen-bond donors (Lipinski definition) is 0. The minimum atomic E-state index is -0.878. The predicted molar refractivity (Wildman–Crippen MR) is 516 cm³/mol. The van der Waals surface area contributed by atoms with Crippen LogP contribution in [0.3, 0.4) is 0 Å². The highest BCUT2D eigenvalue weighted by Crippen LogP contribution is 2.55. The maximum absolute atomic E-state index is 10.2. The molecule has 6 nitrogen and oxygen atoms in total. The fourth-order valence-electron chi connectivity index (χ4n) is 18.3. The molecule has 0 amide bonds. The summed E-state index contributed by atoms with van der Waals surface area (Å²) in [6, 6.07) is 75.9. The molecule has 5 heterocycles. The molecule has 0 unspecified atom stereocenters. The molecular weight excluding hydrogens is 1460 g/mol. The zero-order valence-corrected chi connectivity index (χ0v) is 68.1. The van der Waals surface area contributed by atoms with E-state index in [4.69, 9.17) is 5.48 Å². The van der Waals surface area contributed by atoms with E-state index in [1.807, 2.05) is 109 Å². The lowest BCUT2D eigenvalue weighted by atomic mass is 9.33. The summed E-state index contributed by atoms with van der Waals surface area (Å²) < 4.78 is 204. The fraction of sp³-hybridized carbons (Fsp3) is 0.105. The molecule has 3 aromatic heterocycles. The van der Waals surface area contributed by atoms with Gasteiger partial charge in [-0.25, -0.2) is 0 Å². The molecule has 22 rings (SSSR count). The van der Waals surface area contributed by atoms with Crippen molar-refractivity contribution in [2.75, 3.05) is 14.7 Å². The average molecular weight is 1580 g/mol. The third-order valence-corrected chi connectivity index (χ3v) is 24.2. The molecule has 0 N–H and O–H groups in total. The molecule has 20 aromatic rings.